The fourth-order valence-electron chi connectivity index (χ4n) is 5.26. The van der Waals surface area contributed by atoms with Crippen molar-refractivity contribution in [3.63, 3.8) is 0 Å². The van der Waals surface area contributed by atoms with Crippen LogP contribution in [0.2, 0.25) is 0 Å². The normalized spacial score (nSPS) is 30.1. The van der Waals surface area contributed by atoms with Gasteiger partial charge in [-0.3, -0.25) is 9.69 Å². The van der Waals surface area contributed by atoms with Crippen molar-refractivity contribution >= 4 is 5.78 Å². The van der Waals surface area contributed by atoms with Crippen LogP contribution in [0.3, 0.4) is 0 Å². The topological polar surface area (TPSA) is 38.8 Å². The van der Waals surface area contributed by atoms with Gasteiger partial charge in [-0.15, -0.1) is 0 Å². The van der Waals surface area contributed by atoms with E-state index in [4.69, 9.17) is 9.47 Å². The van der Waals surface area contributed by atoms with Gasteiger partial charge in [0.05, 0.1) is 25.9 Å². The molecular formula is C24H27NO3. The molecule has 28 heavy (non-hydrogen) atoms. The van der Waals surface area contributed by atoms with Gasteiger partial charge in [-0.05, 0) is 23.1 Å². The fraction of sp³-hybridized carbons (Fsp3) is 0.458. The van der Waals surface area contributed by atoms with Crippen LogP contribution in [0.25, 0.3) is 11.1 Å². The molecule has 3 aliphatic rings. The highest BCUT2D eigenvalue weighted by atomic mass is 16.5. The summed E-state index contributed by atoms with van der Waals surface area (Å²) in [5.41, 5.74) is 3.65. The number of nitrogens with zero attached hydrogens (tertiary/aromatic N) is 1. The molecule has 1 aliphatic heterocycles. The maximum atomic E-state index is 12.4. The van der Waals surface area contributed by atoms with E-state index in [0.29, 0.717) is 30.8 Å². The van der Waals surface area contributed by atoms with Gasteiger partial charge in [-0.2, -0.15) is 0 Å². The quantitative estimate of drug-likeness (QED) is 0.799. The summed E-state index contributed by atoms with van der Waals surface area (Å²) in [6.07, 6.45) is 1.77. The van der Waals surface area contributed by atoms with Crippen molar-refractivity contribution in [2.75, 3.05) is 26.3 Å². The van der Waals surface area contributed by atoms with Crippen LogP contribution in [0, 0.1) is 11.8 Å². The van der Waals surface area contributed by atoms with E-state index in [9.17, 15) is 4.79 Å². The number of rotatable bonds is 5. The monoisotopic (exact) mass is 377 g/mol. The zero-order chi connectivity index (χ0) is 18.9. The molecule has 2 aromatic carbocycles. The Bertz CT molecular complexity index is 814. The summed E-state index contributed by atoms with van der Waals surface area (Å²) in [4.78, 5) is 14.8. The number of hydrogen-bond acceptors (Lipinski definition) is 4. The molecule has 0 N–H and O–H groups in total. The zero-order valence-electron chi connectivity index (χ0n) is 16.1. The summed E-state index contributed by atoms with van der Waals surface area (Å²) in [6, 6.07) is 19.4. The highest BCUT2D eigenvalue weighted by molar-refractivity contribution is 5.86. The third-order valence-corrected chi connectivity index (χ3v) is 6.66. The van der Waals surface area contributed by atoms with Gasteiger partial charge in [0.1, 0.15) is 5.78 Å². The maximum Gasteiger partial charge on any atom is 0.138 e. The van der Waals surface area contributed by atoms with Gasteiger partial charge in [-0.1, -0.05) is 54.6 Å². The summed E-state index contributed by atoms with van der Waals surface area (Å²) in [6.45, 7) is 4.07. The maximum absolute atomic E-state index is 12.4. The van der Waals surface area contributed by atoms with E-state index in [1.54, 1.807) is 0 Å². The van der Waals surface area contributed by atoms with E-state index in [-0.39, 0.29) is 12.0 Å². The Balaban J connectivity index is 1.22. The summed E-state index contributed by atoms with van der Waals surface area (Å²) < 4.78 is 11.8. The molecular weight excluding hydrogens is 350 g/mol. The minimum Gasteiger partial charge on any atom is -0.379 e. The minimum atomic E-state index is 0.161. The Kier molecular flexibility index (Phi) is 5.02. The van der Waals surface area contributed by atoms with Crippen molar-refractivity contribution < 1.29 is 14.3 Å². The van der Waals surface area contributed by atoms with Crippen molar-refractivity contribution in [2.24, 2.45) is 11.8 Å². The molecule has 1 heterocycles. The molecule has 0 spiro atoms. The average molecular weight is 377 g/mol. The number of carbonyl (C=O) groups is 1. The van der Waals surface area contributed by atoms with E-state index >= 15 is 0 Å². The Morgan fingerprint density at radius 3 is 2.43 bits per heavy atom. The van der Waals surface area contributed by atoms with Crippen molar-refractivity contribution in [1.29, 1.82) is 0 Å². The SMILES string of the molecule is O=C1CC2C(OCc3ccc(-c4ccccc4)cc3)CC1C2N1CCOCC1. The molecule has 4 atom stereocenters. The van der Waals surface area contributed by atoms with Crippen LogP contribution in [-0.2, 0) is 20.9 Å². The van der Waals surface area contributed by atoms with Gasteiger partial charge >= 0.3 is 0 Å². The summed E-state index contributed by atoms with van der Waals surface area (Å²) in [7, 11) is 0. The first kappa shape index (κ1) is 18.0. The van der Waals surface area contributed by atoms with Crippen molar-refractivity contribution in [2.45, 2.75) is 31.6 Å². The predicted molar refractivity (Wildman–Crippen MR) is 108 cm³/mol. The van der Waals surface area contributed by atoms with Gasteiger partial charge in [0, 0.05) is 37.4 Å². The Morgan fingerprint density at radius 1 is 0.964 bits per heavy atom. The molecule has 0 aromatic heterocycles. The van der Waals surface area contributed by atoms with Gasteiger partial charge in [0.15, 0.2) is 0 Å². The first-order valence-corrected chi connectivity index (χ1v) is 10.4. The number of benzene rings is 2. The molecule has 146 valence electrons. The van der Waals surface area contributed by atoms with E-state index in [0.717, 1.165) is 32.7 Å². The van der Waals surface area contributed by atoms with E-state index in [2.05, 4.69) is 53.4 Å². The van der Waals surface area contributed by atoms with Gasteiger partial charge in [-0.25, -0.2) is 0 Å². The Labute approximate surface area is 166 Å². The number of carbonyl (C=O) groups excluding carboxylic acids is 1. The van der Waals surface area contributed by atoms with Crippen LogP contribution < -0.4 is 0 Å². The number of ether oxygens (including phenoxy) is 2. The number of Topliss-reactive ketones (excluding diaryl/α,β-unsaturated/α-hetero) is 1. The van der Waals surface area contributed by atoms with Crippen molar-refractivity contribution in [3.8, 4) is 11.1 Å². The van der Waals surface area contributed by atoms with Crippen LogP contribution in [-0.4, -0.2) is 49.1 Å². The molecule has 0 amide bonds. The lowest BCUT2D eigenvalue weighted by atomic mass is 9.96. The molecule has 2 saturated carbocycles. The lowest BCUT2D eigenvalue weighted by Crippen LogP contribution is -2.46. The molecule has 0 radical (unpaired) electrons. The Hall–Kier alpha value is -2.01. The number of ketones is 1. The van der Waals surface area contributed by atoms with E-state index < -0.39 is 0 Å². The predicted octanol–water partition coefficient (Wildman–Crippen LogP) is 3.55. The highest BCUT2D eigenvalue weighted by Gasteiger charge is 2.55. The molecule has 4 heteroatoms. The summed E-state index contributed by atoms with van der Waals surface area (Å²) >= 11 is 0. The standard InChI is InChI=1S/C24H27NO3/c26-22-14-21-23(15-20(22)24(21)25-10-12-27-13-11-25)28-16-17-6-8-19(9-7-17)18-4-2-1-3-5-18/h1-9,20-21,23-24H,10-16H2. The second kappa shape index (κ2) is 7.78. The third kappa shape index (κ3) is 3.41. The highest BCUT2D eigenvalue weighted by Crippen LogP contribution is 2.47. The minimum absolute atomic E-state index is 0.161. The van der Waals surface area contributed by atoms with Crippen molar-refractivity contribution in [3.05, 3.63) is 60.2 Å². The smallest absolute Gasteiger partial charge is 0.138 e. The molecule has 2 aromatic rings. The molecule has 1 saturated heterocycles. The fourth-order valence-corrected chi connectivity index (χ4v) is 5.26. The summed E-state index contributed by atoms with van der Waals surface area (Å²) in [5.74, 6) is 0.946. The molecule has 2 bridgehead atoms. The van der Waals surface area contributed by atoms with Gasteiger partial charge in [0.2, 0.25) is 0 Å². The second-order valence-electron chi connectivity index (χ2n) is 8.23. The first-order chi connectivity index (χ1) is 13.8. The van der Waals surface area contributed by atoms with E-state index in [1.165, 1.54) is 16.7 Å². The third-order valence-electron chi connectivity index (χ3n) is 6.66. The molecule has 5 rings (SSSR count). The average Bonchev–Trinajstić information content (AvgIpc) is 3.28. The lowest BCUT2D eigenvalue weighted by Gasteiger charge is -2.34. The van der Waals surface area contributed by atoms with Crippen LogP contribution in [0.1, 0.15) is 18.4 Å². The molecule has 4 unspecified atom stereocenters. The molecule has 2 aliphatic carbocycles. The van der Waals surface area contributed by atoms with Crippen LogP contribution in [0.15, 0.2) is 54.6 Å². The number of hydrogen-bond donors (Lipinski definition) is 0. The Morgan fingerprint density at radius 2 is 1.68 bits per heavy atom. The number of fused-ring (bicyclic) bond motifs is 2. The lowest BCUT2D eigenvalue weighted by molar-refractivity contribution is -0.124. The van der Waals surface area contributed by atoms with Gasteiger partial charge < -0.3 is 9.47 Å². The van der Waals surface area contributed by atoms with E-state index in [1.807, 2.05) is 6.07 Å². The number of morpholine rings is 1. The molecule has 4 nitrogen and oxygen atoms in total. The summed E-state index contributed by atoms with van der Waals surface area (Å²) in [5, 5.41) is 0. The first-order valence-electron chi connectivity index (χ1n) is 10.4. The van der Waals surface area contributed by atoms with Crippen molar-refractivity contribution in [1.82, 2.24) is 4.90 Å². The van der Waals surface area contributed by atoms with Crippen LogP contribution >= 0.6 is 0 Å². The second-order valence-corrected chi connectivity index (χ2v) is 8.23. The van der Waals surface area contributed by atoms with Gasteiger partial charge in [0.25, 0.3) is 0 Å². The molecule has 3 fully saturated rings. The van der Waals surface area contributed by atoms with Crippen LogP contribution in [0.5, 0.6) is 0 Å². The zero-order valence-corrected chi connectivity index (χ0v) is 16.1. The largest absolute Gasteiger partial charge is 0.379 e. The van der Waals surface area contributed by atoms with Crippen LogP contribution in [0.4, 0.5) is 0 Å².